The van der Waals surface area contributed by atoms with Gasteiger partial charge in [0.2, 0.25) is 0 Å². The molecule has 3 rings (SSSR count). The SMILES string of the molecule is COC1CCN(c2cc(=O)n(C)c3ccc(C#N)nc23)CC1. The van der Waals surface area contributed by atoms with Crippen molar-refractivity contribution in [3.05, 3.63) is 34.2 Å². The molecule has 0 radical (unpaired) electrons. The summed E-state index contributed by atoms with van der Waals surface area (Å²) in [6, 6.07) is 7.10. The second-order valence-electron chi connectivity index (χ2n) is 5.52. The molecule has 3 heterocycles. The Hall–Kier alpha value is -2.39. The van der Waals surface area contributed by atoms with E-state index in [1.54, 1.807) is 36.9 Å². The molecule has 1 saturated heterocycles. The third kappa shape index (κ3) is 2.44. The molecule has 6 heteroatoms. The number of piperidine rings is 1. The minimum atomic E-state index is -0.0668. The maximum Gasteiger partial charge on any atom is 0.252 e. The van der Waals surface area contributed by atoms with Crippen LogP contribution < -0.4 is 10.5 Å². The molecular weight excluding hydrogens is 280 g/mol. The number of fused-ring (bicyclic) bond motifs is 1. The van der Waals surface area contributed by atoms with E-state index in [0.717, 1.165) is 37.1 Å². The molecule has 1 aliphatic rings. The van der Waals surface area contributed by atoms with E-state index in [4.69, 9.17) is 10.00 Å². The smallest absolute Gasteiger partial charge is 0.252 e. The molecule has 0 bridgehead atoms. The summed E-state index contributed by atoms with van der Waals surface area (Å²) < 4.78 is 6.96. The van der Waals surface area contributed by atoms with E-state index in [-0.39, 0.29) is 11.7 Å². The number of nitriles is 1. The van der Waals surface area contributed by atoms with Crippen molar-refractivity contribution in [1.29, 1.82) is 5.26 Å². The summed E-state index contributed by atoms with van der Waals surface area (Å²) in [5.41, 5.74) is 2.55. The van der Waals surface area contributed by atoms with Crippen LogP contribution in [-0.4, -0.2) is 35.9 Å². The number of aromatic nitrogens is 2. The van der Waals surface area contributed by atoms with Crippen LogP contribution in [0.2, 0.25) is 0 Å². The molecule has 0 saturated carbocycles. The number of aryl methyl sites for hydroxylation is 1. The number of methoxy groups -OCH3 is 1. The number of anilines is 1. The Morgan fingerprint density at radius 3 is 2.73 bits per heavy atom. The van der Waals surface area contributed by atoms with Gasteiger partial charge in [-0.2, -0.15) is 5.26 Å². The lowest BCUT2D eigenvalue weighted by atomic mass is 10.1. The molecule has 0 aromatic carbocycles. The Balaban J connectivity index is 2.11. The summed E-state index contributed by atoms with van der Waals surface area (Å²) in [6.45, 7) is 1.64. The van der Waals surface area contributed by atoms with Gasteiger partial charge in [0.25, 0.3) is 5.56 Å². The average Bonchev–Trinajstić information content (AvgIpc) is 2.57. The Kier molecular flexibility index (Phi) is 3.82. The Bertz CT molecular complexity index is 798. The zero-order valence-corrected chi connectivity index (χ0v) is 12.7. The van der Waals surface area contributed by atoms with Crippen molar-refractivity contribution in [2.75, 3.05) is 25.1 Å². The van der Waals surface area contributed by atoms with Crippen LogP contribution >= 0.6 is 0 Å². The molecule has 0 unspecified atom stereocenters. The van der Waals surface area contributed by atoms with Crippen LogP contribution in [-0.2, 0) is 11.8 Å². The fourth-order valence-corrected chi connectivity index (χ4v) is 2.95. The minimum absolute atomic E-state index is 0.0668. The predicted octanol–water partition coefficient (Wildman–Crippen LogP) is 1.42. The molecule has 1 fully saturated rings. The maximum atomic E-state index is 12.2. The van der Waals surface area contributed by atoms with Gasteiger partial charge in [-0.05, 0) is 25.0 Å². The number of hydrogen-bond donors (Lipinski definition) is 0. The van der Waals surface area contributed by atoms with Gasteiger partial charge in [-0.25, -0.2) is 4.98 Å². The summed E-state index contributed by atoms with van der Waals surface area (Å²) in [7, 11) is 3.45. The second-order valence-corrected chi connectivity index (χ2v) is 5.52. The van der Waals surface area contributed by atoms with E-state index < -0.39 is 0 Å². The highest BCUT2D eigenvalue weighted by atomic mass is 16.5. The highest BCUT2D eigenvalue weighted by molar-refractivity contribution is 5.88. The predicted molar refractivity (Wildman–Crippen MR) is 83.9 cm³/mol. The normalized spacial score (nSPS) is 16.0. The fourth-order valence-electron chi connectivity index (χ4n) is 2.95. The zero-order valence-electron chi connectivity index (χ0n) is 12.7. The van der Waals surface area contributed by atoms with Crippen molar-refractivity contribution in [2.24, 2.45) is 7.05 Å². The highest BCUT2D eigenvalue weighted by Crippen LogP contribution is 2.26. The van der Waals surface area contributed by atoms with Gasteiger partial charge >= 0.3 is 0 Å². The summed E-state index contributed by atoms with van der Waals surface area (Å²) in [5, 5.41) is 9.08. The van der Waals surface area contributed by atoms with Gasteiger partial charge in [0.15, 0.2) is 0 Å². The third-order valence-corrected chi connectivity index (χ3v) is 4.30. The summed E-state index contributed by atoms with van der Waals surface area (Å²) in [4.78, 5) is 18.8. The number of hydrogen-bond acceptors (Lipinski definition) is 5. The van der Waals surface area contributed by atoms with E-state index in [2.05, 4.69) is 16.0 Å². The molecule has 114 valence electrons. The maximum absolute atomic E-state index is 12.2. The largest absolute Gasteiger partial charge is 0.381 e. The van der Waals surface area contributed by atoms with Gasteiger partial charge in [-0.3, -0.25) is 4.79 Å². The number of ether oxygens (including phenoxy) is 1. The molecule has 0 N–H and O–H groups in total. The van der Waals surface area contributed by atoms with Crippen molar-refractivity contribution >= 4 is 16.7 Å². The lowest BCUT2D eigenvalue weighted by Gasteiger charge is -2.33. The third-order valence-electron chi connectivity index (χ3n) is 4.30. The van der Waals surface area contributed by atoms with Crippen molar-refractivity contribution in [3.8, 4) is 6.07 Å². The van der Waals surface area contributed by atoms with Crippen LogP contribution in [0.4, 0.5) is 5.69 Å². The van der Waals surface area contributed by atoms with E-state index in [9.17, 15) is 4.79 Å². The lowest BCUT2D eigenvalue weighted by molar-refractivity contribution is 0.0819. The summed E-state index contributed by atoms with van der Waals surface area (Å²) in [5.74, 6) is 0. The molecule has 0 atom stereocenters. The zero-order chi connectivity index (χ0) is 15.7. The van der Waals surface area contributed by atoms with Gasteiger partial charge in [-0.1, -0.05) is 0 Å². The van der Waals surface area contributed by atoms with Crippen molar-refractivity contribution in [3.63, 3.8) is 0 Å². The van der Waals surface area contributed by atoms with Crippen molar-refractivity contribution in [1.82, 2.24) is 9.55 Å². The first-order chi connectivity index (χ1) is 10.6. The van der Waals surface area contributed by atoms with Gasteiger partial charge in [0.05, 0.1) is 17.3 Å². The van der Waals surface area contributed by atoms with Gasteiger partial charge in [0.1, 0.15) is 17.3 Å². The molecular formula is C16H18N4O2. The molecule has 2 aromatic rings. The number of nitrogens with zero attached hydrogens (tertiary/aromatic N) is 4. The number of rotatable bonds is 2. The van der Waals surface area contributed by atoms with Gasteiger partial charge in [-0.15, -0.1) is 0 Å². The van der Waals surface area contributed by atoms with Crippen LogP contribution in [0.1, 0.15) is 18.5 Å². The first kappa shape index (κ1) is 14.5. The quantitative estimate of drug-likeness (QED) is 0.838. The van der Waals surface area contributed by atoms with Crippen LogP contribution in [0.25, 0.3) is 11.0 Å². The van der Waals surface area contributed by atoms with Crippen LogP contribution in [0.3, 0.4) is 0 Å². The standard InChI is InChI=1S/C16H18N4O2/c1-19-13-4-3-11(10-17)18-16(13)14(9-15(19)21)20-7-5-12(22-2)6-8-20/h3-4,9,12H,5-8H2,1-2H3. The Morgan fingerprint density at radius 2 is 2.09 bits per heavy atom. The fraction of sp³-hybridized carbons (Fsp3) is 0.438. The summed E-state index contributed by atoms with van der Waals surface area (Å²) in [6.07, 6.45) is 2.12. The first-order valence-electron chi connectivity index (χ1n) is 7.32. The first-order valence-corrected chi connectivity index (χ1v) is 7.32. The topological polar surface area (TPSA) is 71.2 Å². The summed E-state index contributed by atoms with van der Waals surface area (Å²) >= 11 is 0. The van der Waals surface area contributed by atoms with Crippen LogP contribution in [0.5, 0.6) is 0 Å². The second kappa shape index (κ2) is 5.78. The van der Waals surface area contributed by atoms with Gasteiger partial charge in [0, 0.05) is 33.3 Å². The molecule has 1 aliphatic heterocycles. The molecule has 2 aromatic heterocycles. The lowest BCUT2D eigenvalue weighted by Crippen LogP contribution is -2.37. The Morgan fingerprint density at radius 1 is 1.36 bits per heavy atom. The van der Waals surface area contributed by atoms with E-state index in [0.29, 0.717) is 11.2 Å². The van der Waals surface area contributed by atoms with Crippen molar-refractivity contribution in [2.45, 2.75) is 18.9 Å². The van der Waals surface area contributed by atoms with E-state index >= 15 is 0 Å². The van der Waals surface area contributed by atoms with E-state index in [1.165, 1.54) is 0 Å². The van der Waals surface area contributed by atoms with Gasteiger partial charge < -0.3 is 14.2 Å². The molecule has 0 spiro atoms. The molecule has 6 nitrogen and oxygen atoms in total. The monoisotopic (exact) mass is 298 g/mol. The van der Waals surface area contributed by atoms with Crippen LogP contribution in [0, 0.1) is 11.3 Å². The number of pyridine rings is 2. The molecule has 0 aliphatic carbocycles. The minimum Gasteiger partial charge on any atom is -0.381 e. The van der Waals surface area contributed by atoms with E-state index in [1.807, 2.05) is 0 Å². The highest BCUT2D eigenvalue weighted by Gasteiger charge is 2.22. The molecule has 0 amide bonds. The Labute approximate surface area is 128 Å². The molecule has 22 heavy (non-hydrogen) atoms. The van der Waals surface area contributed by atoms with Crippen molar-refractivity contribution < 1.29 is 4.74 Å². The van der Waals surface area contributed by atoms with Crippen LogP contribution in [0.15, 0.2) is 23.0 Å². The average molecular weight is 298 g/mol.